The molecule has 1 aromatic carbocycles. The molecule has 0 saturated heterocycles. The Hall–Kier alpha value is -1.93. The molecule has 0 unspecified atom stereocenters. The maximum Gasteiger partial charge on any atom is 0.185 e. The van der Waals surface area contributed by atoms with Crippen molar-refractivity contribution in [1.29, 1.82) is 0 Å². The molecule has 2 rings (SSSR count). The molecule has 1 heterocycles. The van der Waals surface area contributed by atoms with Gasteiger partial charge >= 0.3 is 0 Å². The minimum atomic E-state index is -0.0728. The summed E-state index contributed by atoms with van der Waals surface area (Å²) in [6.07, 6.45) is 6.64. The largest absolute Gasteiger partial charge is 0.289 e. The number of hydrogen-bond acceptors (Lipinski definition) is 2. The van der Waals surface area contributed by atoms with Crippen LogP contribution in [0.5, 0.6) is 0 Å². The van der Waals surface area contributed by atoms with Crippen LogP contribution in [0.2, 0.25) is 5.02 Å². The number of nitrogens with zero attached hydrogens (tertiary/aromatic N) is 1. The zero-order valence-electron chi connectivity index (χ0n) is 9.01. The average molecular weight is 244 g/mol. The number of aromatic nitrogens is 1. The quantitative estimate of drug-likeness (QED) is 0.609. The first-order valence-corrected chi connectivity index (χ1v) is 5.51. The molecule has 0 radical (unpaired) electrons. The SMILES string of the molecule is O=C(/C=C/c1cccnc1)c1cccc(Cl)c1. The lowest BCUT2D eigenvalue weighted by Gasteiger charge is -1.96. The van der Waals surface area contributed by atoms with Gasteiger partial charge in [-0.25, -0.2) is 0 Å². The molecule has 0 N–H and O–H groups in total. The number of benzene rings is 1. The van der Waals surface area contributed by atoms with Crippen LogP contribution in [0.25, 0.3) is 6.08 Å². The molecule has 84 valence electrons. The van der Waals surface area contributed by atoms with Gasteiger partial charge in [-0.2, -0.15) is 0 Å². The van der Waals surface area contributed by atoms with Crippen LogP contribution in [0.15, 0.2) is 54.9 Å². The highest BCUT2D eigenvalue weighted by Crippen LogP contribution is 2.12. The zero-order valence-corrected chi connectivity index (χ0v) is 9.76. The van der Waals surface area contributed by atoms with Crippen molar-refractivity contribution in [2.75, 3.05) is 0 Å². The third-order valence-electron chi connectivity index (χ3n) is 2.22. The topological polar surface area (TPSA) is 30.0 Å². The Morgan fingerprint density at radius 2 is 2.12 bits per heavy atom. The van der Waals surface area contributed by atoms with E-state index in [2.05, 4.69) is 4.98 Å². The summed E-state index contributed by atoms with van der Waals surface area (Å²) in [6, 6.07) is 10.6. The van der Waals surface area contributed by atoms with Crippen molar-refractivity contribution >= 4 is 23.5 Å². The zero-order chi connectivity index (χ0) is 12.1. The molecular weight excluding hydrogens is 234 g/mol. The van der Waals surface area contributed by atoms with Crippen LogP contribution >= 0.6 is 11.6 Å². The van der Waals surface area contributed by atoms with Crippen LogP contribution in [0, 0.1) is 0 Å². The van der Waals surface area contributed by atoms with E-state index in [-0.39, 0.29) is 5.78 Å². The summed E-state index contributed by atoms with van der Waals surface area (Å²) in [5.74, 6) is -0.0728. The Morgan fingerprint density at radius 3 is 2.82 bits per heavy atom. The number of rotatable bonds is 3. The van der Waals surface area contributed by atoms with Gasteiger partial charge in [-0.15, -0.1) is 0 Å². The molecule has 0 aliphatic rings. The summed E-state index contributed by atoms with van der Waals surface area (Å²) in [4.78, 5) is 15.8. The standard InChI is InChI=1S/C14H10ClNO/c15-13-5-1-4-12(9-13)14(17)7-6-11-3-2-8-16-10-11/h1-10H/b7-6+. The van der Waals surface area contributed by atoms with Gasteiger partial charge < -0.3 is 0 Å². The molecule has 17 heavy (non-hydrogen) atoms. The lowest BCUT2D eigenvalue weighted by Crippen LogP contribution is -1.93. The third-order valence-corrected chi connectivity index (χ3v) is 2.46. The van der Waals surface area contributed by atoms with Gasteiger partial charge in [0.05, 0.1) is 0 Å². The summed E-state index contributed by atoms with van der Waals surface area (Å²) in [7, 11) is 0. The van der Waals surface area contributed by atoms with Crippen LogP contribution in [0.3, 0.4) is 0 Å². The van der Waals surface area contributed by atoms with E-state index in [1.165, 1.54) is 6.08 Å². The maximum absolute atomic E-state index is 11.8. The van der Waals surface area contributed by atoms with Gasteiger partial charge in [-0.05, 0) is 35.9 Å². The van der Waals surface area contributed by atoms with E-state index in [9.17, 15) is 4.79 Å². The van der Waals surface area contributed by atoms with Crippen molar-refractivity contribution < 1.29 is 4.79 Å². The summed E-state index contributed by atoms with van der Waals surface area (Å²) < 4.78 is 0. The van der Waals surface area contributed by atoms with Crippen LogP contribution in [-0.2, 0) is 0 Å². The van der Waals surface area contributed by atoms with Crippen molar-refractivity contribution in [3.63, 3.8) is 0 Å². The number of pyridine rings is 1. The number of halogens is 1. The highest BCUT2D eigenvalue weighted by molar-refractivity contribution is 6.31. The Kier molecular flexibility index (Phi) is 3.68. The minimum absolute atomic E-state index is 0.0728. The lowest BCUT2D eigenvalue weighted by atomic mass is 10.1. The van der Waals surface area contributed by atoms with Gasteiger partial charge in [0.1, 0.15) is 0 Å². The van der Waals surface area contributed by atoms with Crippen molar-refractivity contribution in [2.24, 2.45) is 0 Å². The van der Waals surface area contributed by atoms with Crippen molar-refractivity contribution in [2.45, 2.75) is 0 Å². The lowest BCUT2D eigenvalue weighted by molar-refractivity contribution is 0.104. The second-order valence-corrected chi connectivity index (χ2v) is 3.93. The number of allylic oxidation sites excluding steroid dienone is 1. The van der Waals surface area contributed by atoms with E-state index in [1.807, 2.05) is 12.1 Å². The van der Waals surface area contributed by atoms with E-state index >= 15 is 0 Å². The van der Waals surface area contributed by atoms with Gasteiger partial charge in [0.2, 0.25) is 0 Å². The Bertz CT molecular complexity index is 549. The molecule has 0 fully saturated rings. The van der Waals surface area contributed by atoms with Crippen molar-refractivity contribution in [3.05, 3.63) is 71.0 Å². The number of ketones is 1. The molecule has 2 aromatic rings. The van der Waals surface area contributed by atoms with E-state index in [4.69, 9.17) is 11.6 Å². The molecule has 3 heteroatoms. The smallest absolute Gasteiger partial charge is 0.185 e. The summed E-state index contributed by atoms with van der Waals surface area (Å²) >= 11 is 5.82. The second-order valence-electron chi connectivity index (χ2n) is 3.49. The first-order valence-electron chi connectivity index (χ1n) is 5.14. The van der Waals surface area contributed by atoms with Gasteiger partial charge in [0.15, 0.2) is 5.78 Å². The van der Waals surface area contributed by atoms with E-state index in [1.54, 1.807) is 42.7 Å². The summed E-state index contributed by atoms with van der Waals surface area (Å²) in [5, 5.41) is 0.561. The fourth-order valence-corrected chi connectivity index (χ4v) is 1.57. The monoisotopic (exact) mass is 243 g/mol. The molecule has 0 amide bonds. The van der Waals surface area contributed by atoms with Crippen LogP contribution < -0.4 is 0 Å². The first kappa shape index (κ1) is 11.6. The predicted octanol–water partition coefficient (Wildman–Crippen LogP) is 3.63. The average Bonchev–Trinajstić information content (AvgIpc) is 2.37. The van der Waals surface area contributed by atoms with Crippen LogP contribution in [0.4, 0.5) is 0 Å². The fourth-order valence-electron chi connectivity index (χ4n) is 1.38. The summed E-state index contributed by atoms with van der Waals surface area (Å²) in [6.45, 7) is 0. The second kappa shape index (κ2) is 5.41. The molecule has 1 aromatic heterocycles. The Morgan fingerprint density at radius 1 is 1.24 bits per heavy atom. The predicted molar refractivity (Wildman–Crippen MR) is 69.1 cm³/mol. The van der Waals surface area contributed by atoms with Gasteiger partial charge in [0, 0.05) is 23.0 Å². The molecule has 0 saturated carbocycles. The fraction of sp³-hybridized carbons (Fsp3) is 0. The first-order chi connectivity index (χ1) is 8.25. The molecule has 0 bridgehead atoms. The van der Waals surface area contributed by atoms with E-state index in [0.717, 1.165) is 5.56 Å². The normalized spacial score (nSPS) is 10.6. The van der Waals surface area contributed by atoms with E-state index in [0.29, 0.717) is 10.6 Å². The van der Waals surface area contributed by atoms with Gasteiger partial charge in [-0.1, -0.05) is 29.8 Å². The molecule has 0 aliphatic carbocycles. The van der Waals surface area contributed by atoms with Crippen LogP contribution in [0.1, 0.15) is 15.9 Å². The van der Waals surface area contributed by atoms with Crippen molar-refractivity contribution in [3.8, 4) is 0 Å². The maximum atomic E-state index is 11.8. The minimum Gasteiger partial charge on any atom is -0.289 e. The number of carbonyl (C=O) groups is 1. The molecule has 0 atom stereocenters. The van der Waals surface area contributed by atoms with E-state index < -0.39 is 0 Å². The molecule has 0 aliphatic heterocycles. The van der Waals surface area contributed by atoms with Gasteiger partial charge in [-0.3, -0.25) is 9.78 Å². The molecule has 0 spiro atoms. The number of hydrogen-bond donors (Lipinski definition) is 0. The third kappa shape index (κ3) is 3.26. The number of carbonyl (C=O) groups excluding carboxylic acids is 1. The Balaban J connectivity index is 2.15. The molecule has 2 nitrogen and oxygen atoms in total. The summed E-state index contributed by atoms with van der Waals surface area (Å²) in [5.41, 5.74) is 1.47. The highest BCUT2D eigenvalue weighted by atomic mass is 35.5. The molecular formula is C14H10ClNO. The highest BCUT2D eigenvalue weighted by Gasteiger charge is 2.01. The van der Waals surface area contributed by atoms with Crippen LogP contribution in [-0.4, -0.2) is 10.8 Å². The Labute approximate surface area is 105 Å². The van der Waals surface area contributed by atoms with Crippen molar-refractivity contribution in [1.82, 2.24) is 4.98 Å². The van der Waals surface area contributed by atoms with Gasteiger partial charge in [0.25, 0.3) is 0 Å².